The molecule has 1 aliphatic carbocycles. The summed E-state index contributed by atoms with van der Waals surface area (Å²) in [7, 11) is 0. The zero-order chi connectivity index (χ0) is 42.4. The third kappa shape index (κ3) is 4.53. The summed E-state index contributed by atoms with van der Waals surface area (Å²) in [6.07, 6.45) is 3.98. The molecule has 0 saturated heterocycles. The lowest BCUT2D eigenvalue weighted by molar-refractivity contribution is 0.711. The van der Waals surface area contributed by atoms with Crippen LogP contribution < -0.4 is 0 Å². The lowest BCUT2D eigenvalue weighted by Crippen LogP contribution is -2.33. The van der Waals surface area contributed by atoms with Gasteiger partial charge in [-0.2, -0.15) is 0 Å². The van der Waals surface area contributed by atoms with Crippen molar-refractivity contribution in [2.75, 3.05) is 0 Å². The van der Waals surface area contributed by atoms with Crippen molar-refractivity contribution in [2.45, 2.75) is 15.2 Å². The zero-order valence-corrected chi connectivity index (χ0v) is 35.7. The molecule has 0 radical (unpaired) electrons. The van der Waals surface area contributed by atoms with Crippen LogP contribution in [0.4, 0.5) is 0 Å². The normalized spacial score (nSPS) is 15.1. The Balaban J connectivity index is 1.09. The van der Waals surface area contributed by atoms with Gasteiger partial charge in [-0.25, -0.2) is 0 Å². The summed E-state index contributed by atoms with van der Waals surface area (Å²) < 4.78 is 7.33. The molecule has 0 amide bonds. The third-order valence-electron chi connectivity index (χ3n) is 14.2. The first-order valence-corrected chi connectivity index (χ1v) is 23.0. The van der Waals surface area contributed by atoms with E-state index in [4.69, 9.17) is 9.97 Å². The number of fused-ring (bicyclic) bond motifs is 18. The van der Waals surface area contributed by atoms with Gasteiger partial charge in [0.25, 0.3) is 0 Å². The molecule has 1 atom stereocenters. The van der Waals surface area contributed by atoms with Crippen LogP contribution in [0.2, 0.25) is 0 Å². The summed E-state index contributed by atoms with van der Waals surface area (Å²) in [5, 5.41) is 7.41. The molecule has 6 heteroatoms. The van der Waals surface area contributed by atoms with Crippen molar-refractivity contribution >= 4 is 77.2 Å². The van der Waals surface area contributed by atoms with E-state index in [-0.39, 0.29) is 0 Å². The predicted octanol–water partition coefficient (Wildman–Crippen LogP) is 14.6. The van der Waals surface area contributed by atoms with Gasteiger partial charge < -0.3 is 13.7 Å². The summed E-state index contributed by atoms with van der Waals surface area (Å²) >= 11 is 1.87. The van der Waals surface area contributed by atoms with Gasteiger partial charge >= 0.3 is 0 Å². The summed E-state index contributed by atoms with van der Waals surface area (Å²) in [5.41, 5.74) is 16.1. The quantitative estimate of drug-likeness (QED) is 0.178. The number of hydrogen-bond acceptors (Lipinski definition) is 3. The van der Waals surface area contributed by atoms with Crippen LogP contribution in [-0.2, 0) is 5.41 Å². The van der Waals surface area contributed by atoms with E-state index < -0.39 is 5.41 Å². The van der Waals surface area contributed by atoms with Gasteiger partial charge in [0.1, 0.15) is 0 Å². The standard InChI is InChI=1S/C59H35N5S/c1-7-22-47-38(15-1)39-16-2-8-23-48(39)62(47)36-30-31-44-55(34-36)65-54-29-13-28-53(64-51-26-11-5-19-42(51)43-20-6-12-27-52(43)64)56(54)59(44)45-21-14-32-60-57(45)58-46(59)33-37(35-61-58)63-49-24-9-3-17-40(49)41-18-4-10-25-50(41)63/h1-35H. The average molecular weight is 846 g/mol. The Morgan fingerprint density at radius 1 is 0.354 bits per heavy atom. The van der Waals surface area contributed by atoms with Gasteiger partial charge in [-0.3, -0.25) is 9.97 Å². The zero-order valence-electron chi connectivity index (χ0n) is 34.9. The molecule has 302 valence electrons. The molecule has 5 nitrogen and oxygen atoms in total. The van der Waals surface area contributed by atoms with Crippen molar-refractivity contribution < 1.29 is 0 Å². The first-order chi connectivity index (χ1) is 32.3. The van der Waals surface area contributed by atoms with Crippen LogP contribution in [0.3, 0.4) is 0 Å². The summed E-state index contributed by atoms with van der Waals surface area (Å²) in [6, 6.07) is 73.6. The van der Waals surface area contributed by atoms with Crippen LogP contribution in [0.15, 0.2) is 222 Å². The van der Waals surface area contributed by atoms with Crippen LogP contribution in [0.1, 0.15) is 22.3 Å². The van der Waals surface area contributed by atoms with Gasteiger partial charge in [0.2, 0.25) is 0 Å². The van der Waals surface area contributed by atoms with Crippen molar-refractivity contribution in [2.24, 2.45) is 0 Å². The van der Waals surface area contributed by atoms with Gasteiger partial charge in [0.15, 0.2) is 0 Å². The monoisotopic (exact) mass is 845 g/mol. The molecule has 1 aliphatic heterocycles. The molecular weight excluding hydrogens is 811 g/mol. The summed E-state index contributed by atoms with van der Waals surface area (Å²) in [5.74, 6) is 0. The molecule has 13 aromatic rings. The Kier molecular flexibility index (Phi) is 7.03. The number of nitrogens with zero attached hydrogens (tertiary/aromatic N) is 5. The molecule has 1 spiro atoms. The van der Waals surface area contributed by atoms with Crippen molar-refractivity contribution in [1.82, 2.24) is 23.7 Å². The lowest BCUT2D eigenvalue weighted by Gasteiger charge is -2.41. The highest BCUT2D eigenvalue weighted by Gasteiger charge is 2.53. The SMILES string of the molecule is c1cc2c(c(-n3c4ccccc4c4ccccc43)c1)C1(c3ccc(-n4c5ccccc5c5ccccc54)cc3S2)c2cccnc2-c2ncc(-n3c4ccccc4c4ccccc43)cc21. The maximum absolute atomic E-state index is 5.48. The van der Waals surface area contributed by atoms with Crippen molar-refractivity contribution in [3.05, 3.63) is 235 Å². The van der Waals surface area contributed by atoms with Crippen LogP contribution in [-0.4, -0.2) is 23.7 Å². The fourth-order valence-corrected chi connectivity index (χ4v) is 13.0. The minimum atomic E-state index is -0.793. The number of aromatic nitrogens is 5. The van der Waals surface area contributed by atoms with Gasteiger partial charge in [-0.1, -0.05) is 139 Å². The molecule has 0 saturated carbocycles. The maximum Gasteiger partial charge on any atom is 0.0939 e. The Labute approximate surface area is 377 Å². The number of benzene rings is 8. The Morgan fingerprint density at radius 3 is 1.40 bits per heavy atom. The van der Waals surface area contributed by atoms with Crippen LogP contribution >= 0.6 is 11.8 Å². The number of hydrogen-bond donors (Lipinski definition) is 0. The van der Waals surface area contributed by atoms with Gasteiger partial charge in [0.05, 0.1) is 67.5 Å². The maximum atomic E-state index is 5.48. The van der Waals surface area contributed by atoms with E-state index in [1.165, 1.54) is 75.3 Å². The second-order valence-electron chi connectivity index (χ2n) is 17.3. The Bertz CT molecular complexity index is 4030. The lowest BCUT2D eigenvalue weighted by atomic mass is 9.67. The van der Waals surface area contributed by atoms with Crippen LogP contribution in [0, 0.1) is 0 Å². The molecule has 6 heterocycles. The van der Waals surface area contributed by atoms with Crippen LogP contribution in [0.25, 0.3) is 93.9 Å². The third-order valence-corrected chi connectivity index (χ3v) is 15.3. The first kappa shape index (κ1) is 35.3. The van der Waals surface area contributed by atoms with E-state index in [9.17, 15) is 0 Å². The van der Waals surface area contributed by atoms with Gasteiger partial charge in [0, 0.05) is 65.1 Å². The largest absolute Gasteiger partial charge is 0.309 e. The van der Waals surface area contributed by atoms with Crippen LogP contribution in [0.5, 0.6) is 0 Å². The molecule has 1 unspecified atom stereocenters. The molecule has 15 rings (SSSR count). The fraction of sp³-hybridized carbons (Fsp3) is 0.0169. The fourth-order valence-electron chi connectivity index (χ4n) is 11.7. The van der Waals surface area contributed by atoms with E-state index in [0.717, 1.165) is 50.6 Å². The average Bonchev–Trinajstić information content (AvgIpc) is 4.08. The first-order valence-electron chi connectivity index (χ1n) is 22.2. The van der Waals surface area contributed by atoms with Crippen molar-refractivity contribution in [1.29, 1.82) is 0 Å². The van der Waals surface area contributed by atoms with Crippen molar-refractivity contribution in [3.63, 3.8) is 0 Å². The molecule has 8 aromatic carbocycles. The molecule has 5 aromatic heterocycles. The smallest absolute Gasteiger partial charge is 0.0939 e. The molecule has 0 N–H and O–H groups in total. The van der Waals surface area contributed by atoms with E-state index in [1.54, 1.807) is 0 Å². The topological polar surface area (TPSA) is 40.6 Å². The molecule has 0 fully saturated rings. The van der Waals surface area contributed by atoms with Gasteiger partial charge in [-0.15, -0.1) is 0 Å². The highest BCUT2D eigenvalue weighted by Crippen LogP contribution is 2.63. The Hall–Kier alpha value is -8.19. The highest BCUT2D eigenvalue weighted by atomic mass is 32.2. The van der Waals surface area contributed by atoms with E-state index in [2.05, 4.69) is 220 Å². The predicted molar refractivity (Wildman–Crippen MR) is 266 cm³/mol. The summed E-state index contributed by atoms with van der Waals surface area (Å²) in [6.45, 7) is 0. The second kappa shape index (κ2) is 12.9. The molecule has 0 bridgehead atoms. The second-order valence-corrected chi connectivity index (χ2v) is 18.4. The minimum Gasteiger partial charge on any atom is -0.309 e. The Morgan fingerprint density at radius 2 is 0.846 bits per heavy atom. The highest BCUT2D eigenvalue weighted by molar-refractivity contribution is 7.99. The summed E-state index contributed by atoms with van der Waals surface area (Å²) in [4.78, 5) is 13.1. The number of pyridine rings is 2. The number of rotatable bonds is 3. The molecule has 2 aliphatic rings. The van der Waals surface area contributed by atoms with Crippen molar-refractivity contribution in [3.8, 4) is 28.5 Å². The van der Waals surface area contributed by atoms with E-state index in [0.29, 0.717) is 0 Å². The minimum absolute atomic E-state index is 0.793. The molecular formula is C59H35N5S. The van der Waals surface area contributed by atoms with Gasteiger partial charge in [-0.05, 0) is 83.9 Å². The number of para-hydroxylation sites is 6. The van der Waals surface area contributed by atoms with E-state index >= 15 is 0 Å². The molecule has 65 heavy (non-hydrogen) atoms. The van der Waals surface area contributed by atoms with E-state index in [1.807, 2.05) is 18.0 Å².